The van der Waals surface area contributed by atoms with E-state index in [2.05, 4.69) is 4.31 Å². The van der Waals surface area contributed by atoms with E-state index in [0.29, 0.717) is 10.0 Å². The zero-order chi connectivity index (χ0) is 16.7. The number of hydrogen-bond donors (Lipinski definition) is 0. The number of nitrogens with zero attached hydrogens (tertiary/aromatic N) is 2. The van der Waals surface area contributed by atoms with Gasteiger partial charge in [-0.1, -0.05) is 50.9 Å². The van der Waals surface area contributed by atoms with Crippen LogP contribution in [0.5, 0.6) is 0 Å². The minimum atomic E-state index is 0.0663. The Hall–Kier alpha value is -0.420. The first kappa shape index (κ1) is 19.6. The van der Waals surface area contributed by atoms with E-state index in [4.69, 9.17) is 23.2 Å². The Kier molecular flexibility index (Phi) is 8.62. The van der Waals surface area contributed by atoms with Crippen molar-refractivity contribution in [3.05, 3.63) is 28.2 Å². The van der Waals surface area contributed by atoms with Crippen molar-refractivity contribution >= 4 is 41.1 Å². The Morgan fingerprint density at radius 2 is 1.73 bits per heavy atom. The quantitative estimate of drug-likeness (QED) is 0.719. The topological polar surface area (TPSA) is 23.6 Å². The maximum Gasteiger partial charge on any atom is 0.225 e. The number of benzene rings is 1. The van der Waals surface area contributed by atoms with Crippen molar-refractivity contribution in [1.82, 2.24) is 9.21 Å². The van der Waals surface area contributed by atoms with Crippen LogP contribution in [0.3, 0.4) is 0 Å². The van der Waals surface area contributed by atoms with E-state index in [9.17, 15) is 4.79 Å². The summed E-state index contributed by atoms with van der Waals surface area (Å²) < 4.78 is 2.22. The van der Waals surface area contributed by atoms with Gasteiger partial charge in [0.05, 0.1) is 5.02 Å². The summed E-state index contributed by atoms with van der Waals surface area (Å²) in [6.07, 6.45) is 0. The molecule has 1 amide bonds. The van der Waals surface area contributed by atoms with Gasteiger partial charge in [-0.05, 0) is 30.1 Å². The molecule has 1 aliphatic heterocycles. The second-order valence-corrected chi connectivity index (χ2v) is 7.06. The monoisotopic (exact) mass is 362 g/mol. The predicted molar refractivity (Wildman–Crippen MR) is 96.7 cm³/mol. The van der Waals surface area contributed by atoms with E-state index in [0.717, 1.165) is 31.1 Å². The molecule has 1 aromatic carbocycles. The van der Waals surface area contributed by atoms with Crippen LogP contribution in [-0.2, 0) is 4.79 Å². The van der Waals surface area contributed by atoms with Crippen molar-refractivity contribution in [1.29, 1.82) is 0 Å². The van der Waals surface area contributed by atoms with Crippen LogP contribution in [0.1, 0.15) is 27.7 Å². The molecule has 0 saturated carbocycles. The highest BCUT2D eigenvalue weighted by Gasteiger charge is 2.23. The largest absolute Gasteiger partial charge is 0.340 e. The van der Waals surface area contributed by atoms with Crippen LogP contribution in [-0.4, -0.2) is 41.3 Å². The number of amides is 1. The zero-order valence-electron chi connectivity index (χ0n) is 13.6. The average Bonchev–Trinajstić information content (AvgIpc) is 2.53. The minimum Gasteiger partial charge on any atom is -0.340 e. The molecule has 1 aromatic rings. The van der Waals surface area contributed by atoms with Crippen molar-refractivity contribution < 1.29 is 4.79 Å². The molecular weight excluding hydrogens is 339 g/mol. The Bertz CT molecular complexity index is 489. The van der Waals surface area contributed by atoms with Gasteiger partial charge < -0.3 is 4.90 Å². The normalized spacial score (nSPS) is 15.5. The van der Waals surface area contributed by atoms with Gasteiger partial charge in [-0.15, -0.1) is 0 Å². The molecule has 6 heteroatoms. The number of piperazine rings is 1. The highest BCUT2D eigenvalue weighted by Crippen LogP contribution is 2.32. The molecule has 1 aliphatic rings. The number of hydrogen-bond acceptors (Lipinski definition) is 3. The van der Waals surface area contributed by atoms with Crippen LogP contribution in [0.25, 0.3) is 0 Å². The Morgan fingerprint density at radius 1 is 1.14 bits per heavy atom. The third kappa shape index (κ3) is 5.65. The highest BCUT2D eigenvalue weighted by molar-refractivity contribution is 7.97. The van der Waals surface area contributed by atoms with Gasteiger partial charge in [-0.3, -0.25) is 4.79 Å². The van der Waals surface area contributed by atoms with Crippen LogP contribution >= 0.6 is 35.1 Å². The standard InChI is InChI=1S/C14H18Cl2N2OS.C2H6/c1-10(2)14(19)17-5-7-18(8-6-17)20-13-9-11(15)3-4-12(13)16;1-2/h3-4,9-10H,5-8H2,1-2H3;1-2H3. The lowest BCUT2D eigenvalue weighted by Crippen LogP contribution is -2.47. The maximum absolute atomic E-state index is 11.9. The SMILES string of the molecule is CC.CC(C)C(=O)N1CCN(Sc2cc(Cl)ccc2Cl)CC1. The van der Waals surface area contributed by atoms with E-state index in [1.54, 1.807) is 18.0 Å². The fraction of sp³-hybridized carbons (Fsp3) is 0.562. The van der Waals surface area contributed by atoms with Crippen molar-refractivity contribution in [2.24, 2.45) is 5.92 Å². The highest BCUT2D eigenvalue weighted by atomic mass is 35.5. The molecule has 0 bridgehead atoms. The zero-order valence-corrected chi connectivity index (χ0v) is 15.9. The molecule has 2 rings (SSSR count). The third-order valence-corrected chi connectivity index (χ3v) is 5.00. The average molecular weight is 363 g/mol. The molecule has 0 N–H and O–H groups in total. The van der Waals surface area contributed by atoms with Gasteiger partial charge >= 0.3 is 0 Å². The number of carbonyl (C=O) groups is 1. The lowest BCUT2D eigenvalue weighted by Gasteiger charge is -2.34. The molecule has 3 nitrogen and oxygen atoms in total. The number of rotatable bonds is 3. The number of halogens is 2. The maximum atomic E-state index is 11.9. The third-order valence-electron chi connectivity index (χ3n) is 3.16. The van der Waals surface area contributed by atoms with Gasteiger partial charge in [0.1, 0.15) is 0 Å². The Balaban J connectivity index is 0.00000116. The summed E-state index contributed by atoms with van der Waals surface area (Å²) in [6.45, 7) is 11.1. The Morgan fingerprint density at radius 3 is 2.27 bits per heavy atom. The van der Waals surface area contributed by atoms with Crippen molar-refractivity contribution in [2.75, 3.05) is 26.2 Å². The fourth-order valence-electron chi connectivity index (χ4n) is 2.05. The van der Waals surface area contributed by atoms with Crippen molar-refractivity contribution in [2.45, 2.75) is 32.6 Å². The molecule has 1 heterocycles. The van der Waals surface area contributed by atoms with Crippen LogP contribution in [0.4, 0.5) is 0 Å². The molecule has 0 aromatic heterocycles. The predicted octanol–water partition coefficient (Wildman–Crippen LogP) is 4.83. The molecule has 0 unspecified atom stereocenters. The van der Waals surface area contributed by atoms with Gasteiger partial charge in [-0.25, -0.2) is 4.31 Å². The van der Waals surface area contributed by atoms with Crippen molar-refractivity contribution in [3.63, 3.8) is 0 Å². The van der Waals surface area contributed by atoms with Crippen LogP contribution in [0, 0.1) is 5.92 Å². The van der Waals surface area contributed by atoms with Gasteiger partial charge in [0.15, 0.2) is 0 Å². The summed E-state index contributed by atoms with van der Waals surface area (Å²) in [7, 11) is 0. The van der Waals surface area contributed by atoms with Crippen LogP contribution < -0.4 is 0 Å². The van der Waals surface area contributed by atoms with E-state index in [-0.39, 0.29) is 11.8 Å². The summed E-state index contributed by atoms with van der Waals surface area (Å²) in [5, 5.41) is 1.39. The molecular formula is C16H24Cl2N2OS. The Labute approximate surface area is 148 Å². The molecule has 22 heavy (non-hydrogen) atoms. The first-order chi connectivity index (χ1) is 10.5. The van der Waals surface area contributed by atoms with Crippen LogP contribution in [0.2, 0.25) is 10.0 Å². The lowest BCUT2D eigenvalue weighted by atomic mass is 10.2. The van der Waals surface area contributed by atoms with Gasteiger partial charge in [-0.2, -0.15) is 0 Å². The van der Waals surface area contributed by atoms with E-state index in [1.807, 2.05) is 44.7 Å². The lowest BCUT2D eigenvalue weighted by molar-refractivity contribution is -0.135. The molecule has 0 radical (unpaired) electrons. The van der Waals surface area contributed by atoms with Crippen molar-refractivity contribution in [3.8, 4) is 0 Å². The fourth-order valence-corrected chi connectivity index (χ4v) is 3.47. The summed E-state index contributed by atoms with van der Waals surface area (Å²) in [5.74, 6) is 0.298. The van der Waals surface area contributed by atoms with Gasteiger partial charge in [0, 0.05) is 42.0 Å². The van der Waals surface area contributed by atoms with E-state index in [1.165, 1.54) is 0 Å². The molecule has 1 saturated heterocycles. The van der Waals surface area contributed by atoms with E-state index < -0.39 is 0 Å². The molecule has 0 spiro atoms. The molecule has 124 valence electrons. The second kappa shape index (κ2) is 9.66. The van der Waals surface area contributed by atoms with Gasteiger partial charge in [0.2, 0.25) is 5.91 Å². The molecule has 1 fully saturated rings. The summed E-state index contributed by atoms with van der Waals surface area (Å²) in [4.78, 5) is 14.8. The van der Waals surface area contributed by atoms with E-state index >= 15 is 0 Å². The van der Waals surface area contributed by atoms with Crippen LogP contribution in [0.15, 0.2) is 23.1 Å². The molecule has 0 atom stereocenters. The summed E-state index contributed by atoms with van der Waals surface area (Å²) in [6, 6.07) is 5.47. The summed E-state index contributed by atoms with van der Waals surface area (Å²) >= 11 is 13.8. The number of carbonyl (C=O) groups excluding carboxylic acids is 1. The smallest absolute Gasteiger partial charge is 0.225 e. The second-order valence-electron chi connectivity index (χ2n) is 5.08. The minimum absolute atomic E-state index is 0.0663. The molecule has 0 aliphatic carbocycles. The first-order valence-electron chi connectivity index (χ1n) is 7.64. The van der Waals surface area contributed by atoms with Gasteiger partial charge in [0.25, 0.3) is 0 Å². The summed E-state index contributed by atoms with van der Waals surface area (Å²) in [5.41, 5.74) is 0. The first-order valence-corrected chi connectivity index (χ1v) is 9.17.